The first kappa shape index (κ1) is 21.6. The number of nitrogens with zero attached hydrogens (tertiary/aromatic N) is 1. The Kier molecular flexibility index (Phi) is 8.01. The molecule has 6 heteroatoms. The Balaban J connectivity index is 1.41. The van der Waals surface area contributed by atoms with Crippen molar-refractivity contribution in [3.63, 3.8) is 0 Å². The lowest BCUT2D eigenvalue weighted by Crippen LogP contribution is -2.35. The molecule has 0 radical (unpaired) electrons. The van der Waals surface area contributed by atoms with Crippen LogP contribution in [0, 0.1) is 0 Å². The van der Waals surface area contributed by atoms with E-state index in [0.29, 0.717) is 24.3 Å². The van der Waals surface area contributed by atoms with Gasteiger partial charge in [0.15, 0.2) is 0 Å². The molecule has 0 aromatic heterocycles. The Morgan fingerprint density at radius 2 is 1.67 bits per heavy atom. The van der Waals surface area contributed by atoms with Crippen LogP contribution in [0.1, 0.15) is 48.0 Å². The quantitative estimate of drug-likeness (QED) is 0.674. The van der Waals surface area contributed by atoms with E-state index in [-0.39, 0.29) is 24.7 Å². The maximum atomic E-state index is 12.6. The second kappa shape index (κ2) is 11.1. The molecule has 6 nitrogen and oxygen atoms in total. The molecule has 0 bridgehead atoms. The summed E-state index contributed by atoms with van der Waals surface area (Å²) in [6.07, 6.45) is 3.93. The van der Waals surface area contributed by atoms with Crippen molar-refractivity contribution in [2.24, 2.45) is 0 Å². The van der Waals surface area contributed by atoms with Crippen molar-refractivity contribution in [3.05, 3.63) is 65.7 Å². The van der Waals surface area contributed by atoms with E-state index in [1.165, 1.54) is 0 Å². The number of carbonyl (C=O) groups is 3. The van der Waals surface area contributed by atoms with E-state index in [1.54, 1.807) is 24.3 Å². The number of hydrogen-bond acceptors (Lipinski definition) is 4. The van der Waals surface area contributed by atoms with Crippen molar-refractivity contribution in [1.29, 1.82) is 0 Å². The van der Waals surface area contributed by atoms with Gasteiger partial charge >= 0.3 is 5.97 Å². The molecule has 0 atom stereocenters. The summed E-state index contributed by atoms with van der Waals surface area (Å²) >= 11 is 0. The maximum absolute atomic E-state index is 12.6. The first-order valence-corrected chi connectivity index (χ1v) is 10.5. The second-order valence-corrected chi connectivity index (χ2v) is 7.44. The van der Waals surface area contributed by atoms with Crippen LogP contribution in [0.15, 0.2) is 54.6 Å². The summed E-state index contributed by atoms with van der Waals surface area (Å²) < 4.78 is 5.20. The molecule has 2 amide bonds. The normalized spacial score (nSPS) is 13.5. The third kappa shape index (κ3) is 6.72. The summed E-state index contributed by atoms with van der Waals surface area (Å²) in [5.41, 5.74) is 2.22. The van der Waals surface area contributed by atoms with Crippen LogP contribution in [0.4, 0.5) is 5.69 Å². The fourth-order valence-electron chi connectivity index (χ4n) is 3.45. The van der Waals surface area contributed by atoms with E-state index in [2.05, 4.69) is 5.32 Å². The maximum Gasteiger partial charge on any atom is 0.306 e. The van der Waals surface area contributed by atoms with E-state index < -0.39 is 5.97 Å². The van der Waals surface area contributed by atoms with Crippen LogP contribution >= 0.6 is 0 Å². The molecule has 1 saturated heterocycles. The number of ether oxygens (including phenoxy) is 1. The minimum absolute atomic E-state index is 0.00667. The summed E-state index contributed by atoms with van der Waals surface area (Å²) in [5, 5.41) is 2.76. The van der Waals surface area contributed by atoms with Crippen LogP contribution in [0.5, 0.6) is 0 Å². The molecule has 3 rings (SSSR count). The highest BCUT2D eigenvalue weighted by Crippen LogP contribution is 2.16. The zero-order valence-electron chi connectivity index (χ0n) is 17.1. The monoisotopic (exact) mass is 408 g/mol. The molecule has 0 saturated carbocycles. The minimum Gasteiger partial charge on any atom is -0.465 e. The van der Waals surface area contributed by atoms with Gasteiger partial charge in [-0.05, 0) is 43.0 Å². The standard InChI is InChI=1S/C24H28N2O4/c27-22(12-13-23(28)30-17-14-19-8-3-1-4-9-19)25-21-11-7-10-20(18-21)24(29)26-15-5-2-6-16-26/h1,3-4,7-11,18H,2,5-6,12-17H2,(H,25,27). The van der Waals surface area contributed by atoms with Gasteiger partial charge in [0.1, 0.15) is 0 Å². The third-order valence-corrected chi connectivity index (χ3v) is 5.09. The topological polar surface area (TPSA) is 75.7 Å². The zero-order chi connectivity index (χ0) is 21.2. The molecular formula is C24H28N2O4. The first-order chi connectivity index (χ1) is 14.6. The van der Waals surface area contributed by atoms with Gasteiger partial charge in [-0.25, -0.2) is 0 Å². The van der Waals surface area contributed by atoms with Crippen molar-refractivity contribution in [2.45, 2.75) is 38.5 Å². The Hall–Kier alpha value is -3.15. The lowest BCUT2D eigenvalue weighted by Gasteiger charge is -2.26. The van der Waals surface area contributed by atoms with E-state index in [9.17, 15) is 14.4 Å². The highest BCUT2D eigenvalue weighted by atomic mass is 16.5. The lowest BCUT2D eigenvalue weighted by molar-refractivity contribution is -0.144. The molecule has 0 unspecified atom stereocenters. The SMILES string of the molecule is O=C(CCC(=O)OCCc1ccccc1)Nc1cccc(C(=O)N2CCCCC2)c1. The van der Waals surface area contributed by atoms with E-state index in [1.807, 2.05) is 35.2 Å². The molecule has 1 heterocycles. The number of anilines is 1. The second-order valence-electron chi connectivity index (χ2n) is 7.44. The Morgan fingerprint density at radius 3 is 2.43 bits per heavy atom. The Labute approximate surface area is 177 Å². The number of nitrogens with one attached hydrogen (secondary N) is 1. The summed E-state index contributed by atoms with van der Waals surface area (Å²) in [6, 6.07) is 16.7. The average Bonchev–Trinajstić information content (AvgIpc) is 2.79. The summed E-state index contributed by atoms with van der Waals surface area (Å²) in [4.78, 5) is 38.5. The van der Waals surface area contributed by atoms with Gasteiger partial charge in [-0.1, -0.05) is 36.4 Å². The van der Waals surface area contributed by atoms with Crippen LogP contribution in [0.3, 0.4) is 0 Å². The van der Waals surface area contributed by atoms with E-state index in [4.69, 9.17) is 4.74 Å². The predicted octanol–water partition coefficient (Wildman–Crippen LogP) is 3.82. The molecule has 1 aliphatic heterocycles. The number of hydrogen-bond donors (Lipinski definition) is 1. The van der Waals surface area contributed by atoms with E-state index in [0.717, 1.165) is 37.9 Å². The molecule has 2 aromatic carbocycles. The van der Waals surface area contributed by atoms with Gasteiger partial charge in [0, 0.05) is 37.2 Å². The van der Waals surface area contributed by atoms with Gasteiger partial charge in [-0.2, -0.15) is 0 Å². The number of benzene rings is 2. The highest BCUT2D eigenvalue weighted by Gasteiger charge is 2.18. The molecule has 1 N–H and O–H groups in total. The fourth-order valence-corrected chi connectivity index (χ4v) is 3.45. The third-order valence-electron chi connectivity index (χ3n) is 5.09. The van der Waals surface area contributed by atoms with Crippen LogP contribution in [-0.2, 0) is 20.7 Å². The zero-order valence-corrected chi connectivity index (χ0v) is 17.1. The van der Waals surface area contributed by atoms with Gasteiger partial charge in [0.25, 0.3) is 5.91 Å². The Bertz CT molecular complexity index is 861. The predicted molar refractivity (Wildman–Crippen MR) is 115 cm³/mol. The number of rotatable bonds is 8. The van der Waals surface area contributed by atoms with Crippen molar-refractivity contribution in [1.82, 2.24) is 4.90 Å². The lowest BCUT2D eigenvalue weighted by atomic mass is 10.1. The molecule has 2 aromatic rings. The summed E-state index contributed by atoms with van der Waals surface area (Å²) in [5.74, 6) is -0.680. The molecular weight excluding hydrogens is 380 g/mol. The van der Waals surface area contributed by atoms with Crippen LogP contribution in [-0.4, -0.2) is 42.4 Å². The van der Waals surface area contributed by atoms with Crippen LogP contribution in [0.2, 0.25) is 0 Å². The molecule has 30 heavy (non-hydrogen) atoms. The number of carbonyl (C=O) groups excluding carboxylic acids is 3. The number of piperidine rings is 1. The van der Waals surface area contributed by atoms with Crippen molar-refractivity contribution >= 4 is 23.5 Å². The van der Waals surface area contributed by atoms with Crippen molar-refractivity contribution in [2.75, 3.05) is 25.0 Å². The smallest absolute Gasteiger partial charge is 0.306 e. The number of likely N-dealkylation sites (tertiary alicyclic amines) is 1. The molecule has 0 aliphatic carbocycles. The number of amides is 2. The van der Waals surface area contributed by atoms with Gasteiger partial charge in [0.2, 0.25) is 5.91 Å². The number of esters is 1. The molecule has 0 spiro atoms. The van der Waals surface area contributed by atoms with E-state index >= 15 is 0 Å². The van der Waals surface area contributed by atoms with Gasteiger partial charge in [-0.15, -0.1) is 0 Å². The van der Waals surface area contributed by atoms with Crippen molar-refractivity contribution < 1.29 is 19.1 Å². The van der Waals surface area contributed by atoms with Gasteiger partial charge < -0.3 is 15.0 Å². The highest BCUT2D eigenvalue weighted by molar-refractivity contribution is 5.97. The molecule has 158 valence electrons. The van der Waals surface area contributed by atoms with Crippen LogP contribution in [0.25, 0.3) is 0 Å². The fraction of sp³-hybridized carbons (Fsp3) is 0.375. The largest absolute Gasteiger partial charge is 0.465 e. The van der Waals surface area contributed by atoms with Crippen LogP contribution < -0.4 is 5.32 Å². The summed E-state index contributed by atoms with van der Waals surface area (Å²) in [6.45, 7) is 1.86. The first-order valence-electron chi connectivity index (χ1n) is 10.5. The van der Waals surface area contributed by atoms with Crippen molar-refractivity contribution in [3.8, 4) is 0 Å². The summed E-state index contributed by atoms with van der Waals surface area (Å²) in [7, 11) is 0. The minimum atomic E-state index is -0.393. The Morgan fingerprint density at radius 1 is 0.900 bits per heavy atom. The average molecular weight is 408 g/mol. The van der Waals surface area contributed by atoms with Gasteiger partial charge in [-0.3, -0.25) is 14.4 Å². The molecule has 1 aliphatic rings. The van der Waals surface area contributed by atoms with Gasteiger partial charge in [0.05, 0.1) is 13.0 Å². The molecule has 1 fully saturated rings.